The molecular formula is C15H14N2O5. The van der Waals surface area contributed by atoms with Crippen LogP contribution in [0.15, 0.2) is 48.5 Å². The quantitative estimate of drug-likeness (QED) is 0.628. The number of nitrogens with one attached hydrogen (secondary N) is 1. The van der Waals surface area contributed by atoms with Gasteiger partial charge in [0.1, 0.15) is 5.75 Å². The van der Waals surface area contributed by atoms with Gasteiger partial charge in [-0.3, -0.25) is 10.1 Å². The van der Waals surface area contributed by atoms with Crippen molar-refractivity contribution in [2.75, 3.05) is 12.4 Å². The predicted octanol–water partition coefficient (Wildman–Crippen LogP) is 2.84. The third kappa shape index (κ3) is 3.32. The zero-order valence-corrected chi connectivity index (χ0v) is 11.7. The summed E-state index contributed by atoms with van der Waals surface area (Å²) in [5.41, 5.74) is 0.800. The second-order valence-electron chi connectivity index (χ2n) is 4.47. The minimum Gasteiger partial charge on any atom is -0.494 e. The van der Waals surface area contributed by atoms with E-state index in [2.05, 4.69) is 5.32 Å². The number of carboxylic acid groups (broad SMARTS) is 1. The monoisotopic (exact) mass is 302 g/mol. The van der Waals surface area contributed by atoms with Gasteiger partial charge in [0.05, 0.1) is 23.8 Å². The number of hydrogen-bond acceptors (Lipinski definition) is 5. The largest absolute Gasteiger partial charge is 0.494 e. The maximum atomic E-state index is 11.5. The Hall–Kier alpha value is -3.09. The molecule has 0 aliphatic carbocycles. The summed E-state index contributed by atoms with van der Waals surface area (Å²) in [5.74, 6) is -0.858. The van der Waals surface area contributed by atoms with Crippen molar-refractivity contribution in [2.24, 2.45) is 0 Å². The normalized spacial score (nSPS) is 11.5. The van der Waals surface area contributed by atoms with Gasteiger partial charge in [-0.25, -0.2) is 4.79 Å². The lowest BCUT2D eigenvalue weighted by atomic mass is 10.1. The molecule has 0 bridgehead atoms. The topological polar surface area (TPSA) is 102 Å². The number of non-ortho nitro benzene ring substituents is 1. The highest BCUT2D eigenvalue weighted by Gasteiger charge is 2.21. The number of nitro benzene ring substituents is 1. The molecule has 2 aromatic carbocycles. The maximum Gasteiger partial charge on any atom is 0.330 e. The Balaban J connectivity index is 2.35. The van der Waals surface area contributed by atoms with Crippen molar-refractivity contribution in [1.82, 2.24) is 0 Å². The van der Waals surface area contributed by atoms with Gasteiger partial charge in [0.15, 0.2) is 6.04 Å². The lowest BCUT2D eigenvalue weighted by Gasteiger charge is -2.18. The smallest absolute Gasteiger partial charge is 0.330 e. The van der Waals surface area contributed by atoms with Gasteiger partial charge in [0.25, 0.3) is 5.69 Å². The van der Waals surface area contributed by atoms with Crippen LogP contribution in [0.25, 0.3) is 0 Å². The SMILES string of the molecule is COc1cc([N+](=O)[O-])ccc1NC(C(=O)O)c1ccccc1. The fourth-order valence-corrected chi connectivity index (χ4v) is 2.00. The van der Waals surface area contributed by atoms with Crippen LogP contribution in [0.5, 0.6) is 5.75 Å². The summed E-state index contributed by atoms with van der Waals surface area (Å²) in [6.07, 6.45) is 0. The minimum atomic E-state index is -1.06. The van der Waals surface area contributed by atoms with Crippen molar-refractivity contribution in [3.63, 3.8) is 0 Å². The molecule has 2 rings (SSSR count). The van der Waals surface area contributed by atoms with E-state index in [1.165, 1.54) is 25.3 Å². The fourth-order valence-electron chi connectivity index (χ4n) is 2.00. The number of methoxy groups -OCH3 is 1. The van der Waals surface area contributed by atoms with E-state index in [0.29, 0.717) is 11.3 Å². The van der Waals surface area contributed by atoms with Crippen LogP contribution in [0.4, 0.5) is 11.4 Å². The van der Waals surface area contributed by atoms with E-state index in [0.717, 1.165) is 0 Å². The highest BCUT2D eigenvalue weighted by atomic mass is 16.6. The van der Waals surface area contributed by atoms with E-state index < -0.39 is 16.9 Å². The molecule has 0 aliphatic rings. The molecule has 0 aliphatic heterocycles. The Morgan fingerprint density at radius 3 is 2.50 bits per heavy atom. The Labute approximate surface area is 126 Å². The Kier molecular flexibility index (Phi) is 4.57. The van der Waals surface area contributed by atoms with E-state index in [1.54, 1.807) is 30.3 Å². The van der Waals surface area contributed by atoms with E-state index in [-0.39, 0.29) is 11.4 Å². The molecule has 22 heavy (non-hydrogen) atoms. The lowest BCUT2D eigenvalue weighted by Crippen LogP contribution is -2.20. The van der Waals surface area contributed by atoms with Gasteiger partial charge in [0, 0.05) is 6.07 Å². The number of benzene rings is 2. The molecule has 1 unspecified atom stereocenters. The molecule has 114 valence electrons. The number of ether oxygens (including phenoxy) is 1. The summed E-state index contributed by atoms with van der Waals surface area (Å²) in [6, 6.07) is 11.6. The number of rotatable bonds is 6. The van der Waals surface area contributed by atoms with Crippen LogP contribution in [0.3, 0.4) is 0 Å². The first kappa shape index (κ1) is 15.3. The highest BCUT2D eigenvalue weighted by molar-refractivity contribution is 5.80. The van der Waals surface area contributed by atoms with Gasteiger partial charge in [-0.05, 0) is 11.6 Å². The molecule has 1 atom stereocenters. The second kappa shape index (κ2) is 6.57. The Morgan fingerprint density at radius 1 is 1.27 bits per heavy atom. The van der Waals surface area contributed by atoms with Gasteiger partial charge < -0.3 is 15.2 Å². The number of carboxylic acids is 1. The summed E-state index contributed by atoms with van der Waals surface area (Å²) in [5, 5.41) is 23.0. The standard InChI is InChI=1S/C15H14N2O5/c1-22-13-9-11(17(20)21)7-8-12(13)16-14(15(18)19)10-5-3-2-4-6-10/h2-9,14,16H,1H3,(H,18,19). The molecule has 0 fully saturated rings. The molecule has 0 amide bonds. The van der Waals surface area contributed by atoms with Crippen LogP contribution in [0.1, 0.15) is 11.6 Å². The van der Waals surface area contributed by atoms with E-state index in [9.17, 15) is 20.0 Å². The van der Waals surface area contributed by atoms with Crippen molar-refractivity contribution in [2.45, 2.75) is 6.04 Å². The lowest BCUT2D eigenvalue weighted by molar-refractivity contribution is -0.384. The third-order valence-corrected chi connectivity index (χ3v) is 3.08. The molecule has 0 aromatic heterocycles. The summed E-state index contributed by atoms with van der Waals surface area (Å²) in [6.45, 7) is 0. The zero-order chi connectivity index (χ0) is 16.1. The molecule has 0 heterocycles. The molecular weight excluding hydrogens is 288 g/mol. The molecule has 0 spiro atoms. The third-order valence-electron chi connectivity index (χ3n) is 3.08. The number of nitrogens with zero attached hydrogens (tertiary/aromatic N) is 1. The van der Waals surface area contributed by atoms with Crippen LogP contribution in [0.2, 0.25) is 0 Å². The van der Waals surface area contributed by atoms with Gasteiger partial charge in [0.2, 0.25) is 0 Å². The number of nitro groups is 1. The first-order valence-electron chi connectivity index (χ1n) is 6.39. The average molecular weight is 302 g/mol. The van der Waals surface area contributed by atoms with Crippen molar-refractivity contribution in [3.8, 4) is 5.75 Å². The number of aliphatic carboxylic acids is 1. The molecule has 7 heteroatoms. The summed E-state index contributed by atoms with van der Waals surface area (Å²) in [4.78, 5) is 21.7. The predicted molar refractivity (Wildman–Crippen MR) is 80.1 cm³/mol. The molecule has 0 radical (unpaired) electrons. The van der Waals surface area contributed by atoms with E-state index >= 15 is 0 Å². The molecule has 0 saturated heterocycles. The molecule has 2 aromatic rings. The van der Waals surface area contributed by atoms with Crippen LogP contribution in [0, 0.1) is 10.1 Å². The molecule has 0 saturated carbocycles. The highest BCUT2D eigenvalue weighted by Crippen LogP contribution is 2.31. The van der Waals surface area contributed by atoms with E-state index in [4.69, 9.17) is 4.74 Å². The van der Waals surface area contributed by atoms with Crippen LogP contribution in [-0.4, -0.2) is 23.1 Å². The van der Waals surface area contributed by atoms with Crippen molar-refractivity contribution >= 4 is 17.3 Å². The van der Waals surface area contributed by atoms with Crippen molar-refractivity contribution < 1.29 is 19.6 Å². The van der Waals surface area contributed by atoms with Crippen LogP contribution >= 0.6 is 0 Å². The second-order valence-corrected chi connectivity index (χ2v) is 4.47. The molecule has 7 nitrogen and oxygen atoms in total. The number of anilines is 1. The first-order valence-corrected chi connectivity index (χ1v) is 6.39. The molecule has 2 N–H and O–H groups in total. The van der Waals surface area contributed by atoms with Crippen LogP contribution in [-0.2, 0) is 4.79 Å². The zero-order valence-electron chi connectivity index (χ0n) is 11.7. The van der Waals surface area contributed by atoms with Gasteiger partial charge in [-0.15, -0.1) is 0 Å². The fraction of sp³-hybridized carbons (Fsp3) is 0.133. The van der Waals surface area contributed by atoms with Crippen molar-refractivity contribution in [3.05, 3.63) is 64.2 Å². The summed E-state index contributed by atoms with van der Waals surface area (Å²) < 4.78 is 5.09. The summed E-state index contributed by atoms with van der Waals surface area (Å²) >= 11 is 0. The number of hydrogen-bond donors (Lipinski definition) is 2. The Bertz CT molecular complexity index is 688. The van der Waals surface area contributed by atoms with Gasteiger partial charge >= 0.3 is 5.97 Å². The van der Waals surface area contributed by atoms with E-state index in [1.807, 2.05) is 0 Å². The van der Waals surface area contributed by atoms with Gasteiger partial charge in [-0.2, -0.15) is 0 Å². The Morgan fingerprint density at radius 2 is 1.95 bits per heavy atom. The van der Waals surface area contributed by atoms with Crippen molar-refractivity contribution in [1.29, 1.82) is 0 Å². The van der Waals surface area contributed by atoms with Crippen LogP contribution < -0.4 is 10.1 Å². The first-order chi connectivity index (χ1) is 10.5. The minimum absolute atomic E-state index is 0.131. The maximum absolute atomic E-state index is 11.5. The average Bonchev–Trinajstić information content (AvgIpc) is 2.52. The number of carbonyl (C=O) groups is 1. The summed E-state index contributed by atoms with van der Waals surface area (Å²) in [7, 11) is 1.36. The van der Waals surface area contributed by atoms with Gasteiger partial charge in [-0.1, -0.05) is 30.3 Å².